The van der Waals surface area contributed by atoms with Gasteiger partial charge in [-0.25, -0.2) is 0 Å². The van der Waals surface area contributed by atoms with Gasteiger partial charge in [0.2, 0.25) is 0 Å². The van der Waals surface area contributed by atoms with Gasteiger partial charge in [0.1, 0.15) is 6.10 Å². The maximum Gasteiger partial charge on any atom is 0.309 e. The molecule has 0 amide bonds. The van der Waals surface area contributed by atoms with Crippen LogP contribution in [-0.2, 0) is 14.3 Å². The number of hydrogen-bond donors (Lipinski definition) is 1. The SMILES string of the molecule is C=CCC(OC(=O)C1CCC(C(=O)O)CC1)C(=C)C. The van der Waals surface area contributed by atoms with Crippen molar-refractivity contribution in [1.82, 2.24) is 0 Å². The smallest absolute Gasteiger partial charge is 0.309 e. The summed E-state index contributed by atoms with van der Waals surface area (Å²) in [7, 11) is 0. The van der Waals surface area contributed by atoms with Gasteiger partial charge in [-0.15, -0.1) is 6.58 Å². The van der Waals surface area contributed by atoms with Crippen LogP contribution in [0.3, 0.4) is 0 Å². The Morgan fingerprint density at radius 3 is 2.26 bits per heavy atom. The highest BCUT2D eigenvalue weighted by Crippen LogP contribution is 2.30. The lowest BCUT2D eigenvalue weighted by Crippen LogP contribution is -2.29. The zero-order chi connectivity index (χ0) is 14.4. The number of rotatable bonds is 6. The van der Waals surface area contributed by atoms with Crippen molar-refractivity contribution in [1.29, 1.82) is 0 Å². The Kier molecular flexibility index (Phi) is 5.80. The van der Waals surface area contributed by atoms with Crippen LogP contribution in [0.2, 0.25) is 0 Å². The Labute approximate surface area is 114 Å². The van der Waals surface area contributed by atoms with E-state index >= 15 is 0 Å². The van der Waals surface area contributed by atoms with Gasteiger partial charge >= 0.3 is 11.9 Å². The molecule has 1 rings (SSSR count). The minimum atomic E-state index is -0.765. The molecule has 1 aliphatic carbocycles. The Morgan fingerprint density at radius 1 is 1.32 bits per heavy atom. The number of carboxylic acid groups (broad SMARTS) is 1. The minimum Gasteiger partial charge on any atom is -0.481 e. The molecule has 0 aromatic carbocycles. The second-order valence-electron chi connectivity index (χ2n) is 5.18. The predicted molar refractivity (Wildman–Crippen MR) is 72.6 cm³/mol. The molecule has 4 nitrogen and oxygen atoms in total. The maximum atomic E-state index is 12.0. The van der Waals surface area contributed by atoms with Crippen molar-refractivity contribution in [2.24, 2.45) is 11.8 Å². The Hall–Kier alpha value is -1.58. The first-order chi connectivity index (χ1) is 8.95. The predicted octanol–water partition coefficient (Wildman–Crippen LogP) is 2.94. The summed E-state index contributed by atoms with van der Waals surface area (Å²) in [5, 5.41) is 8.91. The van der Waals surface area contributed by atoms with Crippen molar-refractivity contribution in [3.63, 3.8) is 0 Å². The quantitative estimate of drug-likeness (QED) is 0.593. The summed E-state index contributed by atoms with van der Waals surface area (Å²) < 4.78 is 5.43. The largest absolute Gasteiger partial charge is 0.481 e. The van der Waals surface area contributed by atoms with Gasteiger partial charge in [-0.1, -0.05) is 12.7 Å². The monoisotopic (exact) mass is 266 g/mol. The first kappa shape index (κ1) is 15.5. The van der Waals surface area contributed by atoms with E-state index in [1.54, 1.807) is 6.08 Å². The number of esters is 1. The molecule has 1 unspecified atom stereocenters. The molecule has 1 saturated carbocycles. The van der Waals surface area contributed by atoms with E-state index in [0.29, 0.717) is 32.1 Å². The van der Waals surface area contributed by atoms with Crippen LogP contribution >= 0.6 is 0 Å². The fourth-order valence-corrected chi connectivity index (χ4v) is 2.31. The van der Waals surface area contributed by atoms with Crippen LogP contribution in [0, 0.1) is 11.8 Å². The molecule has 1 N–H and O–H groups in total. The Bertz CT molecular complexity index is 364. The van der Waals surface area contributed by atoms with Crippen LogP contribution in [0.4, 0.5) is 0 Å². The fourth-order valence-electron chi connectivity index (χ4n) is 2.31. The summed E-state index contributed by atoms with van der Waals surface area (Å²) in [5.74, 6) is -1.49. The third-order valence-electron chi connectivity index (χ3n) is 3.60. The van der Waals surface area contributed by atoms with Crippen molar-refractivity contribution in [3.8, 4) is 0 Å². The summed E-state index contributed by atoms with van der Waals surface area (Å²) in [6.07, 6.45) is 4.23. The van der Waals surface area contributed by atoms with Gasteiger partial charge in [0.15, 0.2) is 0 Å². The third kappa shape index (κ3) is 4.54. The van der Waals surface area contributed by atoms with Crippen molar-refractivity contribution in [2.45, 2.75) is 45.1 Å². The van der Waals surface area contributed by atoms with E-state index in [1.165, 1.54) is 0 Å². The lowest BCUT2D eigenvalue weighted by atomic mass is 9.82. The number of carbonyl (C=O) groups excluding carboxylic acids is 1. The number of carboxylic acids is 1. The van der Waals surface area contributed by atoms with E-state index in [2.05, 4.69) is 13.2 Å². The van der Waals surface area contributed by atoms with Gasteiger partial charge in [0, 0.05) is 6.42 Å². The van der Waals surface area contributed by atoms with E-state index in [9.17, 15) is 9.59 Å². The topological polar surface area (TPSA) is 63.6 Å². The minimum absolute atomic E-state index is 0.178. The number of carbonyl (C=O) groups is 2. The second kappa shape index (κ2) is 7.12. The molecule has 0 aromatic heterocycles. The van der Waals surface area contributed by atoms with Crippen LogP contribution in [0.25, 0.3) is 0 Å². The number of hydrogen-bond acceptors (Lipinski definition) is 3. The van der Waals surface area contributed by atoms with Gasteiger partial charge in [-0.2, -0.15) is 0 Å². The molecular weight excluding hydrogens is 244 g/mol. The van der Waals surface area contributed by atoms with Gasteiger partial charge in [-0.3, -0.25) is 9.59 Å². The molecule has 1 atom stereocenters. The van der Waals surface area contributed by atoms with E-state index in [1.807, 2.05) is 6.92 Å². The maximum absolute atomic E-state index is 12.0. The zero-order valence-electron chi connectivity index (χ0n) is 11.4. The Morgan fingerprint density at radius 2 is 1.84 bits per heavy atom. The molecule has 0 radical (unpaired) electrons. The molecule has 0 aromatic rings. The lowest BCUT2D eigenvalue weighted by molar-refractivity contribution is -0.155. The molecule has 1 fully saturated rings. The molecule has 0 saturated heterocycles. The van der Waals surface area contributed by atoms with Crippen LogP contribution in [0.5, 0.6) is 0 Å². The van der Waals surface area contributed by atoms with Crippen LogP contribution in [0.15, 0.2) is 24.8 Å². The highest BCUT2D eigenvalue weighted by Gasteiger charge is 2.31. The normalized spacial score (nSPS) is 24.3. The molecule has 0 heterocycles. The highest BCUT2D eigenvalue weighted by atomic mass is 16.5. The molecule has 0 bridgehead atoms. The fraction of sp³-hybridized carbons (Fsp3) is 0.600. The molecule has 0 aliphatic heterocycles. The van der Waals surface area contributed by atoms with Crippen molar-refractivity contribution >= 4 is 11.9 Å². The molecule has 0 spiro atoms. The molecule has 19 heavy (non-hydrogen) atoms. The van der Waals surface area contributed by atoms with Crippen molar-refractivity contribution in [2.75, 3.05) is 0 Å². The zero-order valence-corrected chi connectivity index (χ0v) is 11.4. The van der Waals surface area contributed by atoms with Gasteiger partial charge < -0.3 is 9.84 Å². The van der Waals surface area contributed by atoms with Gasteiger partial charge in [0.25, 0.3) is 0 Å². The summed E-state index contributed by atoms with van der Waals surface area (Å²) in [5.41, 5.74) is 0.799. The van der Waals surface area contributed by atoms with Crippen LogP contribution in [-0.4, -0.2) is 23.1 Å². The third-order valence-corrected chi connectivity index (χ3v) is 3.60. The number of aliphatic carboxylic acids is 1. The molecule has 106 valence electrons. The average Bonchev–Trinajstić information content (AvgIpc) is 2.38. The van der Waals surface area contributed by atoms with Gasteiger partial charge in [-0.05, 0) is 38.2 Å². The van der Waals surface area contributed by atoms with E-state index in [0.717, 1.165) is 5.57 Å². The summed E-state index contributed by atoms with van der Waals surface area (Å²) in [6, 6.07) is 0. The second-order valence-corrected chi connectivity index (χ2v) is 5.18. The first-order valence-corrected chi connectivity index (χ1v) is 6.65. The van der Waals surface area contributed by atoms with Crippen LogP contribution < -0.4 is 0 Å². The van der Waals surface area contributed by atoms with Crippen molar-refractivity contribution < 1.29 is 19.4 Å². The summed E-state index contributed by atoms with van der Waals surface area (Å²) in [4.78, 5) is 22.9. The molecule has 4 heteroatoms. The van der Waals surface area contributed by atoms with Crippen LogP contribution in [0.1, 0.15) is 39.0 Å². The highest BCUT2D eigenvalue weighted by molar-refractivity contribution is 5.74. The average molecular weight is 266 g/mol. The Balaban J connectivity index is 2.48. The summed E-state index contributed by atoms with van der Waals surface area (Å²) >= 11 is 0. The lowest BCUT2D eigenvalue weighted by Gasteiger charge is -2.26. The van der Waals surface area contributed by atoms with E-state index in [4.69, 9.17) is 9.84 Å². The van der Waals surface area contributed by atoms with E-state index in [-0.39, 0.29) is 23.9 Å². The van der Waals surface area contributed by atoms with E-state index < -0.39 is 5.97 Å². The van der Waals surface area contributed by atoms with Gasteiger partial charge in [0.05, 0.1) is 11.8 Å². The summed E-state index contributed by atoms with van der Waals surface area (Å²) in [6.45, 7) is 9.26. The first-order valence-electron chi connectivity index (χ1n) is 6.65. The van der Waals surface area contributed by atoms with Crippen molar-refractivity contribution in [3.05, 3.63) is 24.8 Å². The number of ether oxygens (including phenoxy) is 1. The molecular formula is C15H22O4. The molecule has 1 aliphatic rings. The standard InChI is InChI=1S/C15H22O4/c1-4-5-13(10(2)3)19-15(18)12-8-6-11(7-9-12)14(16)17/h4,11-13H,1-2,5-9H2,3H3,(H,16,17).